The van der Waals surface area contributed by atoms with E-state index < -0.39 is 5.97 Å². The van der Waals surface area contributed by atoms with Crippen molar-refractivity contribution in [1.82, 2.24) is 4.98 Å². The molecular formula is C22H22N2O4S. The maximum Gasteiger partial charge on any atom is 0.343 e. The number of benzene rings is 2. The Balaban J connectivity index is 1.55. The highest BCUT2D eigenvalue weighted by Crippen LogP contribution is 2.22. The van der Waals surface area contributed by atoms with Crippen molar-refractivity contribution in [2.75, 3.05) is 19.0 Å². The van der Waals surface area contributed by atoms with Crippen molar-refractivity contribution >= 4 is 28.9 Å². The number of nitrogens with zero attached hydrogens (tertiary/aromatic N) is 1. The fraction of sp³-hybridized carbons (Fsp3) is 0.227. The van der Waals surface area contributed by atoms with Crippen molar-refractivity contribution in [2.24, 2.45) is 0 Å². The van der Waals surface area contributed by atoms with Gasteiger partial charge >= 0.3 is 5.97 Å². The lowest BCUT2D eigenvalue weighted by Gasteiger charge is -2.10. The van der Waals surface area contributed by atoms with Crippen molar-refractivity contribution in [3.63, 3.8) is 0 Å². The fourth-order valence-electron chi connectivity index (χ4n) is 2.71. The summed E-state index contributed by atoms with van der Waals surface area (Å²) in [5.74, 6) is -0.0428. The quantitative estimate of drug-likeness (QED) is 0.572. The molecule has 0 bridgehead atoms. The minimum atomic E-state index is -0.449. The molecule has 0 saturated heterocycles. The van der Waals surface area contributed by atoms with Crippen molar-refractivity contribution in [2.45, 2.75) is 19.8 Å². The Labute approximate surface area is 173 Å². The van der Waals surface area contributed by atoms with Crippen molar-refractivity contribution in [3.05, 3.63) is 75.7 Å². The summed E-state index contributed by atoms with van der Waals surface area (Å²) in [5, 5.41) is 5.81. The molecule has 1 aromatic heterocycles. The molecule has 0 unspecified atom stereocenters. The van der Waals surface area contributed by atoms with E-state index in [9.17, 15) is 9.59 Å². The largest absolute Gasteiger partial charge is 0.482 e. The molecule has 0 radical (unpaired) electrons. The van der Waals surface area contributed by atoms with Gasteiger partial charge in [-0.1, -0.05) is 30.3 Å². The molecule has 29 heavy (non-hydrogen) atoms. The van der Waals surface area contributed by atoms with E-state index in [1.807, 2.05) is 30.5 Å². The molecule has 0 aliphatic carbocycles. The second-order valence-corrected chi connectivity index (χ2v) is 7.40. The predicted molar refractivity (Wildman–Crippen MR) is 112 cm³/mol. The summed E-state index contributed by atoms with van der Waals surface area (Å²) in [4.78, 5) is 28.1. The summed E-state index contributed by atoms with van der Waals surface area (Å²) >= 11 is 1.56. The third kappa shape index (κ3) is 6.15. The molecule has 150 valence electrons. The lowest BCUT2D eigenvalue weighted by Crippen LogP contribution is -2.16. The lowest BCUT2D eigenvalue weighted by atomic mass is 10.1. The summed E-state index contributed by atoms with van der Waals surface area (Å²) < 4.78 is 9.89. The minimum Gasteiger partial charge on any atom is -0.482 e. The van der Waals surface area contributed by atoms with E-state index in [1.54, 1.807) is 29.5 Å². The van der Waals surface area contributed by atoms with Gasteiger partial charge in [0.1, 0.15) is 5.75 Å². The van der Waals surface area contributed by atoms with Crippen LogP contribution in [0.3, 0.4) is 0 Å². The van der Waals surface area contributed by atoms with Crippen LogP contribution in [0, 0.1) is 6.92 Å². The fourth-order valence-corrected chi connectivity index (χ4v) is 3.54. The third-order valence-corrected chi connectivity index (χ3v) is 5.09. The van der Waals surface area contributed by atoms with Crippen LogP contribution >= 0.6 is 11.3 Å². The molecule has 2 aromatic carbocycles. The highest BCUT2D eigenvalue weighted by atomic mass is 32.1. The Kier molecular flexibility index (Phi) is 6.97. The molecular weight excluding hydrogens is 388 g/mol. The standard InChI is InChI=1S/C22H22N2O4S/c1-15-10-18(28-13-22(26)27-2)8-9-19(15)24-20(25)12-17-14-29-21(23-17)11-16-6-4-3-5-7-16/h3-10,14H,11-13H2,1-2H3,(H,24,25). The molecule has 0 fully saturated rings. The minimum absolute atomic E-state index is 0.132. The van der Waals surface area contributed by atoms with Gasteiger partial charge in [-0.05, 0) is 36.2 Å². The normalized spacial score (nSPS) is 10.4. The van der Waals surface area contributed by atoms with E-state index in [0.29, 0.717) is 11.4 Å². The monoisotopic (exact) mass is 410 g/mol. The Morgan fingerprint density at radius 3 is 2.66 bits per heavy atom. The van der Waals surface area contributed by atoms with Gasteiger partial charge < -0.3 is 14.8 Å². The predicted octanol–water partition coefficient (Wildman–Crippen LogP) is 3.78. The van der Waals surface area contributed by atoms with Gasteiger partial charge in [0.2, 0.25) is 5.91 Å². The van der Waals surface area contributed by atoms with E-state index in [2.05, 4.69) is 27.2 Å². The molecule has 7 heteroatoms. The number of ether oxygens (including phenoxy) is 2. The maximum absolute atomic E-state index is 12.4. The van der Waals surface area contributed by atoms with Crippen molar-refractivity contribution < 1.29 is 19.1 Å². The van der Waals surface area contributed by atoms with Crippen LogP contribution in [-0.4, -0.2) is 30.6 Å². The first-order valence-electron chi connectivity index (χ1n) is 9.11. The van der Waals surface area contributed by atoms with Crippen LogP contribution in [0.2, 0.25) is 0 Å². The molecule has 1 heterocycles. The number of carbonyl (C=O) groups excluding carboxylic acids is 2. The zero-order valence-corrected chi connectivity index (χ0v) is 17.1. The number of nitrogens with one attached hydrogen (secondary N) is 1. The van der Waals surface area contributed by atoms with E-state index >= 15 is 0 Å². The van der Waals surface area contributed by atoms with Crippen molar-refractivity contribution in [1.29, 1.82) is 0 Å². The van der Waals surface area contributed by atoms with Crippen LogP contribution < -0.4 is 10.1 Å². The van der Waals surface area contributed by atoms with E-state index in [-0.39, 0.29) is 18.9 Å². The average molecular weight is 410 g/mol. The molecule has 0 saturated carbocycles. The van der Waals surface area contributed by atoms with E-state index in [0.717, 1.165) is 22.7 Å². The first-order chi connectivity index (χ1) is 14.0. The van der Waals surface area contributed by atoms with Gasteiger partial charge in [-0.15, -0.1) is 11.3 Å². The number of thiazole rings is 1. The molecule has 0 aliphatic heterocycles. The van der Waals surface area contributed by atoms with Crippen LogP contribution in [0.5, 0.6) is 5.75 Å². The first-order valence-corrected chi connectivity index (χ1v) is 9.99. The smallest absolute Gasteiger partial charge is 0.343 e. The van der Waals surface area contributed by atoms with Crippen LogP contribution in [0.15, 0.2) is 53.9 Å². The number of anilines is 1. The van der Waals surface area contributed by atoms with Crippen LogP contribution in [0.25, 0.3) is 0 Å². The Morgan fingerprint density at radius 1 is 1.14 bits per heavy atom. The molecule has 0 spiro atoms. The zero-order chi connectivity index (χ0) is 20.6. The van der Waals surface area contributed by atoms with Gasteiger partial charge in [-0.2, -0.15) is 0 Å². The summed E-state index contributed by atoms with van der Waals surface area (Å²) in [7, 11) is 1.31. The number of aryl methyl sites for hydroxylation is 1. The molecule has 1 N–H and O–H groups in total. The highest BCUT2D eigenvalue weighted by Gasteiger charge is 2.11. The number of aromatic nitrogens is 1. The molecule has 0 atom stereocenters. The molecule has 3 aromatic rings. The molecule has 1 amide bonds. The SMILES string of the molecule is COC(=O)COc1ccc(NC(=O)Cc2csc(Cc3ccccc3)n2)c(C)c1. The lowest BCUT2D eigenvalue weighted by molar-refractivity contribution is -0.142. The van der Waals surface area contributed by atoms with Crippen molar-refractivity contribution in [3.8, 4) is 5.75 Å². The van der Waals surface area contributed by atoms with E-state index in [1.165, 1.54) is 12.7 Å². The molecule has 0 aliphatic rings. The average Bonchev–Trinajstić information content (AvgIpc) is 3.15. The number of amides is 1. The van der Waals surface area contributed by atoms with Crippen LogP contribution in [0.4, 0.5) is 5.69 Å². The summed E-state index contributed by atoms with van der Waals surface area (Å²) in [5.41, 5.74) is 3.49. The molecule has 3 rings (SSSR count). The number of methoxy groups -OCH3 is 1. The number of esters is 1. The number of carbonyl (C=O) groups is 2. The zero-order valence-electron chi connectivity index (χ0n) is 16.3. The Bertz CT molecular complexity index is 985. The summed E-state index contributed by atoms with van der Waals surface area (Å²) in [6, 6.07) is 15.3. The summed E-state index contributed by atoms with van der Waals surface area (Å²) in [6.07, 6.45) is 0.977. The van der Waals surface area contributed by atoms with Gasteiger partial charge in [0.15, 0.2) is 6.61 Å². The van der Waals surface area contributed by atoms with Gasteiger partial charge in [-0.25, -0.2) is 9.78 Å². The Hall–Kier alpha value is -3.19. The second-order valence-electron chi connectivity index (χ2n) is 6.46. The number of rotatable bonds is 8. The van der Waals surface area contributed by atoms with Gasteiger partial charge in [0, 0.05) is 17.5 Å². The summed E-state index contributed by atoms with van der Waals surface area (Å²) in [6.45, 7) is 1.71. The topological polar surface area (TPSA) is 77.5 Å². The van der Waals surface area contributed by atoms with Gasteiger partial charge in [-0.3, -0.25) is 4.79 Å². The number of hydrogen-bond donors (Lipinski definition) is 1. The number of hydrogen-bond acceptors (Lipinski definition) is 6. The highest BCUT2D eigenvalue weighted by molar-refractivity contribution is 7.09. The van der Waals surface area contributed by atoms with Crippen LogP contribution in [-0.2, 0) is 27.2 Å². The van der Waals surface area contributed by atoms with E-state index in [4.69, 9.17) is 4.74 Å². The van der Waals surface area contributed by atoms with Crippen LogP contribution in [0.1, 0.15) is 21.8 Å². The van der Waals surface area contributed by atoms with Gasteiger partial charge in [0.05, 0.1) is 24.2 Å². The van der Waals surface area contributed by atoms with Gasteiger partial charge in [0.25, 0.3) is 0 Å². The molecule has 6 nitrogen and oxygen atoms in total. The first kappa shape index (κ1) is 20.5. The second kappa shape index (κ2) is 9.84. The third-order valence-electron chi connectivity index (χ3n) is 4.20. The maximum atomic E-state index is 12.4. The Morgan fingerprint density at radius 2 is 1.93 bits per heavy atom.